The summed E-state index contributed by atoms with van der Waals surface area (Å²) in [5.74, 6) is -1.81. The topological polar surface area (TPSA) is 87.1 Å². The highest BCUT2D eigenvalue weighted by atomic mass is 16.5. The summed E-state index contributed by atoms with van der Waals surface area (Å²) in [4.78, 5) is 28.0. The van der Waals surface area contributed by atoms with E-state index in [2.05, 4.69) is 41.5 Å². The minimum Gasteiger partial charge on any atom is -0.511 e. The van der Waals surface area contributed by atoms with Gasteiger partial charge in [-0.2, -0.15) is 0 Å². The second-order valence-electron chi connectivity index (χ2n) is 12.2. The number of amides is 1. The summed E-state index contributed by atoms with van der Waals surface area (Å²) in [5.41, 5.74) is 3.80. The maximum absolute atomic E-state index is 13.6. The summed E-state index contributed by atoms with van der Waals surface area (Å²) in [7, 11) is 3.20. The molecule has 1 amide bonds. The molecule has 2 N–H and O–H groups in total. The fourth-order valence-electron chi connectivity index (χ4n) is 4.56. The largest absolute Gasteiger partial charge is 0.511 e. The second kappa shape index (κ2) is 11.1. The molecule has 0 saturated carbocycles. The van der Waals surface area contributed by atoms with Crippen molar-refractivity contribution in [3.8, 4) is 0 Å². The van der Waals surface area contributed by atoms with Crippen LogP contribution in [0, 0.1) is 0 Å². The van der Waals surface area contributed by atoms with E-state index in [9.17, 15) is 19.8 Å². The maximum Gasteiger partial charge on any atom is 0.338 e. The normalized spacial score (nSPS) is 14.9. The van der Waals surface area contributed by atoms with Crippen molar-refractivity contribution in [1.29, 1.82) is 0 Å². The number of nitrogens with zero attached hydrogens (tertiary/aromatic N) is 1. The van der Waals surface area contributed by atoms with Crippen LogP contribution in [0.1, 0.15) is 77.1 Å². The van der Waals surface area contributed by atoms with E-state index < -0.39 is 11.9 Å². The van der Waals surface area contributed by atoms with Gasteiger partial charge >= 0.3 is 5.97 Å². The van der Waals surface area contributed by atoms with Gasteiger partial charge in [-0.05, 0) is 40.0 Å². The lowest BCUT2D eigenvalue weighted by Gasteiger charge is -2.23. The lowest BCUT2D eigenvalue weighted by molar-refractivity contribution is -0.139. The Balaban J connectivity index is 2.48. The highest BCUT2D eigenvalue weighted by Gasteiger charge is 2.34. The molecule has 0 atom stereocenters. The third kappa shape index (κ3) is 6.27. The molecular formula is C33H41NO5. The fraction of sp³-hybridized carbons (Fsp3) is 0.394. The Labute approximate surface area is 232 Å². The van der Waals surface area contributed by atoms with E-state index in [0.29, 0.717) is 16.7 Å². The zero-order chi connectivity index (χ0) is 29.3. The minimum absolute atomic E-state index is 0.0317. The van der Waals surface area contributed by atoms with Gasteiger partial charge in [-0.25, -0.2) is 4.79 Å². The summed E-state index contributed by atoms with van der Waals surface area (Å²) in [6.45, 7) is 14.4. The van der Waals surface area contributed by atoms with E-state index in [1.54, 1.807) is 21.0 Å². The van der Waals surface area contributed by atoms with Gasteiger partial charge in [-0.15, -0.1) is 0 Å². The smallest absolute Gasteiger partial charge is 0.338 e. The van der Waals surface area contributed by atoms with Gasteiger partial charge in [0.1, 0.15) is 11.5 Å². The summed E-state index contributed by atoms with van der Waals surface area (Å²) in [5, 5.41) is 23.1. The van der Waals surface area contributed by atoms with Crippen LogP contribution in [-0.2, 0) is 25.2 Å². The molecule has 1 aliphatic carbocycles. The molecule has 0 aliphatic heterocycles. The third-order valence-corrected chi connectivity index (χ3v) is 6.88. The number of carbonyl (C=O) groups excluding carboxylic acids is 2. The van der Waals surface area contributed by atoms with Crippen LogP contribution in [0.4, 0.5) is 0 Å². The number of rotatable bonds is 5. The molecule has 2 aromatic carbocycles. The van der Waals surface area contributed by atoms with Gasteiger partial charge in [-0.3, -0.25) is 4.79 Å². The Morgan fingerprint density at radius 1 is 0.795 bits per heavy atom. The monoisotopic (exact) mass is 531 g/mol. The van der Waals surface area contributed by atoms with Crippen LogP contribution < -0.4 is 0 Å². The van der Waals surface area contributed by atoms with Gasteiger partial charge in [0.25, 0.3) is 5.91 Å². The average Bonchev–Trinajstić information content (AvgIpc) is 2.96. The molecule has 0 heterocycles. The van der Waals surface area contributed by atoms with Crippen molar-refractivity contribution in [1.82, 2.24) is 4.90 Å². The van der Waals surface area contributed by atoms with Crippen molar-refractivity contribution >= 4 is 23.0 Å². The van der Waals surface area contributed by atoms with Crippen LogP contribution in [0.25, 0.3) is 11.1 Å². The lowest BCUT2D eigenvalue weighted by atomic mass is 9.82. The Hall–Kier alpha value is -3.80. The summed E-state index contributed by atoms with van der Waals surface area (Å²) >= 11 is 0. The molecular weight excluding hydrogens is 490 g/mol. The van der Waals surface area contributed by atoms with Crippen LogP contribution in [-0.4, -0.2) is 47.7 Å². The SMILES string of the molecule is CCOC(=O)C1=C(O)C(c2ccc(C(C)(C)C)cc2)=C(c2ccc(C(C)(C)C)cc2)C(C(=O)N(C)C)=C(O)C1. The van der Waals surface area contributed by atoms with Crippen LogP contribution in [0.3, 0.4) is 0 Å². The van der Waals surface area contributed by atoms with Gasteiger partial charge in [0, 0.05) is 31.7 Å². The molecule has 2 aromatic rings. The first-order chi connectivity index (χ1) is 18.1. The van der Waals surface area contributed by atoms with Crippen molar-refractivity contribution in [3.63, 3.8) is 0 Å². The summed E-state index contributed by atoms with van der Waals surface area (Å²) in [6, 6.07) is 15.4. The average molecular weight is 532 g/mol. The van der Waals surface area contributed by atoms with E-state index in [1.165, 1.54) is 4.90 Å². The number of carbonyl (C=O) groups is 2. The fourth-order valence-corrected chi connectivity index (χ4v) is 4.56. The van der Waals surface area contributed by atoms with E-state index >= 15 is 0 Å². The van der Waals surface area contributed by atoms with Gasteiger partial charge < -0.3 is 19.8 Å². The molecule has 0 aromatic heterocycles. The van der Waals surface area contributed by atoms with Crippen LogP contribution >= 0.6 is 0 Å². The molecule has 0 radical (unpaired) electrons. The first-order valence-electron chi connectivity index (χ1n) is 13.3. The van der Waals surface area contributed by atoms with Crippen LogP contribution in [0.15, 0.2) is 71.2 Å². The van der Waals surface area contributed by atoms with Gasteiger partial charge in [-0.1, -0.05) is 90.1 Å². The van der Waals surface area contributed by atoms with Gasteiger partial charge in [0.2, 0.25) is 0 Å². The van der Waals surface area contributed by atoms with Crippen LogP contribution in [0.2, 0.25) is 0 Å². The number of aliphatic hydroxyl groups excluding tert-OH is 2. The molecule has 0 saturated heterocycles. The Kier molecular flexibility index (Phi) is 8.49. The van der Waals surface area contributed by atoms with Crippen molar-refractivity contribution in [3.05, 3.63) is 93.4 Å². The van der Waals surface area contributed by atoms with Crippen molar-refractivity contribution in [2.45, 2.75) is 65.7 Å². The Bertz CT molecular complexity index is 1340. The number of likely N-dealkylation sites (N-methyl/N-ethyl adjacent to an activating group) is 1. The minimum atomic E-state index is -0.744. The zero-order valence-corrected chi connectivity index (χ0v) is 24.6. The van der Waals surface area contributed by atoms with Crippen molar-refractivity contribution in [2.75, 3.05) is 20.7 Å². The lowest BCUT2D eigenvalue weighted by Crippen LogP contribution is -2.25. The van der Waals surface area contributed by atoms with Gasteiger partial charge in [0.15, 0.2) is 0 Å². The standard InChI is InChI=1S/C33H41NO5/c1-10-39-31(38)24-19-25(35)28(30(37)34(8)9)26(20-11-15-22(16-12-20)32(2,3)4)27(29(24)36)21-13-17-23(18-14-21)33(5,6)7/h11-18,35-36H,10,19H2,1-9H3. The number of hydrogen-bond donors (Lipinski definition) is 2. The summed E-state index contributed by atoms with van der Waals surface area (Å²) < 4.78 is 5.23. The van der Waals surface area contributed by atoms with E-state index in [-0.39, 0.29) is 52.1 Å². The first-order valence-corrected chi connectivity index (χ1v) is 13.3. The highest BCUT2D eigenvalue weighted by Crippen LogP contribution is 2.43. The Morgan fingerprint density at radius 2 is 1.23 bits per heavy atom. The van der Waals surface area contributed by atoms with E-state index in [1.807, 2.05) is 48.5 Å². The van der Waals surface area contributed by atoms with Crippen LogP contribution in [0.5, 0.6) is 0 Å². The number of allylic oxidation sites excluding steroid dienone is 2. The number of ether oxygens (including phenoxy) is 1. The quantitative estimate of drug-likeness (QED) is 0.411. The molecule has 0 unspecified atom stereocenters. The van der Waals surface area contributed by atoms with Gasteiger partial charge in [0.05, 0.1) is 17.8 Å². The second-order valence-corrected chi connectivity index (χ2v) is 12.2. The number of benzene rings is 2. The zero-order valence-electron chi connectivity index (χ0n) is 24.6. The van der Waals surface area contributed by atoms with E-state index in [4.69, 9.17) is 4.74 Å². The third-order valence-electron chi connectivity index (χ3n) is 6.88. The molecule has 6 heteroatoms. The number of esters is 1. The first kappa shape index (κ1) is 29.8. The molecule has 6 nitrogen and oxygen atoms in total. The molecule has 0 bridgehead atoms. The Morgan fingerprint density at radius 3 is 1.62 bits per heavy atom. The maximum atomic E-state index is 13.6. The highest BCUT2D eigenvalue weighted by molar-refractivity contribution is 6.19. The predicted octanol–water partition coefficient (Wildman–Crippen LogP) is 6.87. The summed E-state index contributed by atoms with van der Waals surface area (Å²) in [6.07, 6.45) is -0.341. The molecule has 39 heavy (non-hydrogen) atoms. The van der Waals surface area contributed by atoms with Crippen molar-refractivity contribution < 1.29 is 24.5 Å². The molecule has 208 valence electrons. The van der Waals surface area contributed by atoms with Crippen molar-refractivity contribution in [2.24, 2.45) is 0 Å². The molecule has 3 rings (SSSR count). The molecule has 0 spiro atoms. The van der Waals surface area contributed by atoms with E-state index in [0.717, 1.165) is 11.1 Å². The predicted molar refractivity (Wildman–Crippen MR) is 156 cm³/mol. The number of aliphatic hydroxyl groups is 2. The molecule has 0 fully saturated rings. The molecule has 1 aliphatic rings. The number of hydrogen-bond acceptors (Lipinski definition) is 5.